The van der Waals surface area contributed by atoms with Crippen LogP contribution in [-0.2, 0) is 0 Å². The second-order valence-corrected chi connectivity index (χ2v) is 3.00. The summed E-state index contributed by atoms with van der Waals surface area (Å²) in [4.78, 5) is 0. The van der Waals surface area contributed by atoms with E-state index in [1.807, 2.05) is 37.3 Å². The van der Waals surface area contributed by atoms with Gasteiger partial charge in [-0.05, 0) is 25.0 Å². The molecule has 0 heterocycles. The summed E-state index contributed by atoms with van der Waals surface area (Å²) in [7, 11) is 0. The van der Waals surface area contributed by atoms with Crippen LogP contribution in [0.5, 0.6) is 0 Å². The van der Waals surface area contributed by atoms with Crippen LogP contribution in [0.3, 0.4) is 0 Å². The molecular formula is C13H14O. The molecule has 0 saturated carbocycles. The van der Waals surface area contributed by atoms with Crippen molar-refractivity contribution >= 4 is 5.57 Å². The maximum absolute atomic E-state index is 9.13. The number of hydrogen-bond donors (Lipinski definition) is 1. The van der Waals surface area contributed by atoms with Crippen LogP contribution in [0.25, 0.3) is 5.57 Å². The second-order valence-electron chi connectivity index (χ2n) is 3.00. The second kappa shape index (κ2) is 5.26. The van der Waals surface area contributed by atoms with Crippen LogP contribution in [0.15, 0.2) is 35.9 Å². The standard InChI is InChI=1S/C13H14O/c1-3-7-13(10-14)11(2)12-8-5-4-6-9-12/h4-6,8-9,14H,10H2,1-2H3. The van der Waals surface area contributed by atoms with E-state index in [0.717, 1.165) is 16.7 Å². The van der Waals surface area contributed by atoms with Gasteiger partial charge in [0.2, 0.25) is 0 Å². The van der Waals surface area contributed by atoms with Gasteiger partial charge in [0.05, 0.1) is 6.61 Å². The average Bonchev–Trinajstić information content (AvgIpc) is 2.26. The lowest BCUT2D eigenvalue weighted by molar-refractivity contribution is 0.336. The van der Waals surface area contributed by atoms with Crippen LogP contribution in [-0.4, -0.2) is 11.7 Å². The zero-order valence-corrected chi connectivity index (χ0v) is 8.54. The van der Waals surface area contributed by atoms with Crippen molar-refractivity contribution in [2.24, 2.45) is 0 Å². The van der Waals surface area contributed by atoms with Gasteiger partial charge >= 0.3 is 0 Å². The maximum atomic E-state index is 9.13. The molecule has 1 aromatic carbocycles. The van der Waals surface area contributed by atoms with Gasteiger partial charge in [-0.2, -0.15) is 0 Å². The Morgan fingerprint density at radius 2 is 1.93 bits per heavy atom. The van der Waals surface area contributed by atoms with E-state index in [0.29, 0.717) is 0 Å². The van der Waals surface area contributed by atoms with Gasteiger partial charge in [0, 0.05) is 5.57 Å². The number of aliphatic hydroxyl groups excluding tert-OH is 1. The van der Waals surface area contributed by atoms with Gasteiger partial charge in [0.1, 0.15) is 0 Å². The lowest BCUT2D eigenvalue weighted by Gasteiger charge is -2.04. The molecule has 0 aliphatic rings. The Morgan fingerprint density at radius 3 is 2.43 bits per heavy atom. The van der Waals surface area contributed by atoms with Gasteiger partial charge in [-0.15, -0.1) is 5.92 Å². The first-order valence-corrected chi connectivity index (χ1v) is 4.58. The number of benzene rings is 1. The fourth-order valence-corrected chi connectivity index (χ4v) is 1.27. The Labute approximate surface area is 85.1 Å². The van der Waals surface area contributed by atoms with Crippen molar-refractivity contribution in [2.45, 2.75) is 13.8 Å². The Hall–Kier alpha value is -1.52. The first-order valence-electron chi connectivity index (χ1n) is 4.58. The molecule has 0 saturated heterocycles. The van der Waals surface area contributed by atoms with Crippen LogP contribution < -0.4 is 0 Å². The van der Waals surface area contributed by atoms with E-state index in [2.05, 4.69) is 11.8 Å². The summed E-state index contributed by atoms with van der Waals surface area (Å²) in [6.45, 7) is 3.75. The van der Waals surface area contributed by atoms with E-state index >= 15 is 0 Å². The number of hydrogen-bond acceptors (Lipinski definition) is 1. The van der Waals surface area contributed by atoms with Crippen molar-refractivity contribution in [3.05, 3.63) is 41.5 Å². The highest BCUT2D eigenvalue weighted by molar-refractivity contribution is 5.70. The quantitative estimate of drug-likeness (QED) is 0.703. The molecule has 1 heteroatoms. The topological polar surface area (TPSA) is 20.2 Å². The molecule has 0 atom stereocenters. The van der Waals surface area contributed by atoms with Crippen molar-refractivity contribution in [2.75, 3.05) is 6.61 Å². The summed E-state index contributed by atoms with van der Waals surface area (Å²) in [5, 5.41) is 9.13. The lowest BCUT2D eigenvalue weighted by atomic mass is 10.0. The SMILES string of the molecule is CC#CC(CO)=C(C)c1ccccc1. The van der Waals surface area contributed by atoms with E-state index in [9.17, 15) is 0 Å². The molecule has 0 bridgehead atoms. The summed E-state index contributed by atoms with van der Waals surface area (Å²) in [5.74, 6) is 5.71. The minimum absolute atomic E-state index is 0.00156. The minimum Gasteiger partial charge on any atom is -0.391 e. The van der Waals surface area contributed by atoms with Crippen molar-refractivity contribution in [1.82, 2.24) is 0 Å². The van der Waals surface area contributed by atoms with Gasteiger partial charge in [-0.1, -0.05) is 36.3 Å². The summed E-state index contributed by atoms with van der Waals surface area (Å²) in [5.41, 5.74) is 2.94. The third-order valence-corrected chi connectivity index (χ3v) is 2.09. The van der Waals surface area contributed by atoms with E-state index in [1.165, 1.54) is 0 Å². The predicted molar refractivity (Wildman–Crippen MR) is 59.6 cm³/mol. The predicted octanol–water partition coefficient (Wildman–Crippen LogP) is 2.48. The van der Waals surface area contributed by atoms with Crippen molar-refractivity contribution < 1.29 is 5.11 Å². The van der Waals surface area contributed by atoms with Crippen LogP contribution in [0.4, 0.5) is 0 Å². The highest BCUT2D eigenvalue weighted by atomic mass is 16.3. The molecular weight excluding hydrogens is 172 g/mol. The van der Waals surface area contributed by atoms with Gasteiger partial charge in [0.25, 0.3) is 0 Å². The molecule has 0 fully saturated rings. The molecule has 1 N–H and O–H groups in total. The maximum Gasteiger partial charge on any atom is 0.0763 e. The van der Waals surface area contributed by atoms with E-state index in [1.54, 1.807) is 6.92 Å². The van der Waals surface area contributed by atoms with E-state index < -0.39 is 0 Å². The largest absolute Gasteiger partial charge is 0.391 e. The fraction of sp³-hybridized carbons (Fsp3) is 0.231. The Balaban J connectivity index is 3.12. The highest BCUT2D eigenvalue weighted by Gasteiger charge is 2.00. The third kappa shape index (κ3) is 2.48. The van der Waals surface area contributed by atoms with Crippen LogP contribution in [0, 0.1) is 11.8 Å². The van der Waals surface area contributed by atoms with Crippen molar-refractivity contribution in [1.29, 1.82) is 0 Å². The molecule has 0 amide bonds. The lowest BCUT2D eigenvalue weighted by Crippen LogP contribution is -1.92. The van der Waals surface area contributed by atoms with Gasteiger partial charge in [-0.3, -0.25) is 0 Å². The molecule has 1 nitrogen and oxygen atoms in total. The van der Waals surface area contributed by atoms with Gasteiger partial charge in [0.15, 0.2) is 0 Å². The minimum atomic E-state index is 0.00156. The van der Waals surface area contributed by atoms with Crippen LogP contribution in [0.2, 0.25) is 0 Å². The van der Waals surface area contributed by atoms with Crippen LogP contribution in [0.1, 0.15) is 19.4 Å². The number of allylic oxidation sites excluding steroid dienone is 1. The zero-order valence-electron chi connectivity index (χ0n) is 8.54. The molecule has 0 unspecified atom stereocenters. The molecule has 0 aliphatic heterocycles. The molecule has 0 aliphatic carbocycles. The molecule has 0 spiro atoms. The Kier molecular flexibility index (Phi) is 3.97. The normalized spacial score (nSPS) is 11.4. The molecule has 0 radical (unpaired) electrons. The molecule has 0 aromatic heterocycles. The summed E-state index contributed by atoms with van der Waals surface area (Å²) in [6, 6.07) is 9.96. The van der Waals surface area contributed by atoms with Gasteiger partial charge in [-0.25, -0.2) is 0 Å². The summed E-state index contributed by atoms with van der Waals surface area (Å²) in [6.07, 6.45) is 0. The molecule has 72 valence electrons. The molecule has 14 heavy (non-hydrogen) atoms. The molecule has 1 rings (SSSR count). The first-order chi connectivity index (χ1) is 6.79. The summed E-state index contributed by atoms with van der Waals surface area (Å²) >= 11 is 0. The van der Waals surface area contributed by atoms with Gasteiger partial charge < -0.3 is 5.11 Å². The third-order valence-electron chi connectivity index (χ3n) is 2.09. The smallest absolute Gasteiger partial charge is 0.0763 e. The highest BCUT2D eigenvalue weighted by Crippen LogP contribution is 2.16. The average molecular weight is 186 g/mol. The van der Waals surface area contributed by atoms with Crippen molar-refractivity contribution in [3.63, 3.8) is 0 Å². The summed E-state index contributed by atoms with van der Waals surface area (Å²) < 4.78 is 0. The van der Waals surface area contributed by atoms with E-state index in [-0.39, 0.29) is 6.61 Å². The van der Waals surface area contributed by atoms with Crippen molar-refractivity contribution in [3.8, 4) is 11.8 Å². The monoisotopic (exact) mass is 186 g/mol. The fourth-order valence-electron chi connectivity index (χ4n) is 1.27. The Bertz CT molecular complexity index is 377. The van der Waals surface area contributed by atoms with E-state index in [4.69, 9.17) is 5.11 Å². The molecule has 1 aromatic rings. The van der Waals surface area contributed by atoms with Crippen LogP contribution >= 0.6 is 0 Å². The first kappa shape index (κ1) is 10.6. The number of aliphatic hydroxyl groups is 1. The number of rotatable bonds is 2. The zero-order chi connectivity index (χ0) is 10.4. The Morgan fingerprint density at radius 1 is 1.29 bits per heavy atom.